The minimum absolute atomic E-state index is 0.103. The Morgan fingerprint density at radius 2 is 2.15 bits per heavy atom. The number of cyclic esters (lactones) is 1. The van der Waals surface area contributed by atoms with Gasteiger partial charge in [-0.15, -0.1) is 0 Å². The number of carbonyl (C=O) groups excluding carboxylic acids is 1. The number of ether oxygens (including phenoxy) is 1. The molecule has 0 radical (unpaired) electrons. The molecule has 72 valence electrons. The molecule has 2 nitrogen and oxygen atoms in total. The molecule has 1 saturated heterocycles. The van der Waals surface area contributed by atoms with Crippen LogP contribution in [0, 0.1) is 29.6 Å². The maximum absolute atomic E-state index is 11.5. The van der Waals surface area contributed by atoms with Crippen LogP contribution >= 0.6 is 0 Å². The monoisotopic (exact) mass is 180 g/mol. The summed E-state index contributed by atoms with van der Waals surface area (Å²) in [6, 6.07) is 0. The third kappa shape index (κ3) is 0.918. The molecule has 5 atom stereocenters. The maximum Gasteiger partial charge on any atom is 0.309 e. The van der Waals surface area contributed by atoms with Crippen LogP contribution in [0.15, 0.2) is 0 Å². The lowest BCUT2D eigenvalue weighted by atomic mass is 9.56. The lowest BCUT2D eigenvalue weighted by Crippen LogP contribution is -2.44. The molecule has 2 heteroatoms. The smallest absolute Gasteiger partial charge is 0.309 e. The van der Waals surface area contributed by atoms with Crippen LogP contribution in [-0.4, -0.2) is 12.6 Å². The van der Waals surface area contributed by atoms with Gasteiger partial charge in [0, 0.05) is 5.92 Å². The minimum Gasteiger partial charge on any atom is -0.465 e. The highest BCUT2D eigenvalue weighted by molar-refractivity contribution is 5.75. The summed E-state index contributed by atoms with van der Waals surface area (Å²) in [5.74, 6) is 3.23. The average Bonchev–Trinajstić information content (AvgIpc) is 2.50. The van der Waals surface area contributed by atoms with Crippen LogP contribution < -0.4 is 0 Å². The minimum atomic E-state index is 0.103. The zero-order chi connectivity index (χ0) is 9.00. The molecule has 3 saturated carbocycles. The molecule has 0 N–H and O–H groups in total. The van der Waals surface area contributed by atoms with Gasteiger partial charge in [-0.25, -0.2) is 0 Å². The Kier molecular flexibility index (Phi) is 1.50. The molecule has 4 unspecified atom stereocenters. The highest BCUT2D eigenvalue weighted by Gasteiger charge is 2.53. The second-order valence-electron chi connectivity index (χ2n) is 5.03. The van der Waals surface area contributed by atoms with Crippen LogP contribution in [-0.2, 0) is 9.53 Å². The summed E-state index contributed by atoms with van der Waals surface area (Å²) in [5, 5.41) is 0. The summed E-state index contributed by atoms with van der Waals surface area (Å²) < 4.78 is 5.19. The Balaban J connectivity index is 1.94. The van der Waals surface area contributed by atoms with Gasteiger partial charge in [-0.1, -0.05) is 6.92 Å². The number of carbonyl (C=O) groups is 1. The molecule has 3 aliphatic carbocycles. The van der Waals surface area contributed by atoms with Crippen LogP contribution in [0.4, 0.5) is 0 Å². The number of esters is 1. The fourth-order valence-corrected chi connectivity index (χ4v) is 3.91. The van der Waals surface area contributed by atoms with Crippen molar-refractivity contribution in [1.82, 2.24) is 0 Å². The van der Waals surface area contributed by atoms with E-state index in [2.05, 4.69) is 6.92 Å². The molecular weight excluding hydrogens is 164 g/mol. The predicted octanol–water partition coefficient (Wildman–Crippen LogP) is 1.84. The highest BCUT2D eigenvalue weighted by Crippen LogP contribution is 2.54. The summed E-state index contributed by atoms with van der Waals surface area (Å²) in [4.78, 5) is 11.5. The second-order valence-corrected chi connectivity index (χ2v) is 5.03. The van der Waals surface area contributed by atoms with Crippen molar-refractivity contribution in [3.05, 3.63) is 0 Å². The van der Waals surface area contributed by atoms with Gasteiger partial charge in [0.25, 0.3) is 0 Å². The highest BCUT2D eigenvalue weighted by atomic mass is 16.5. The molecule has 0 amide bonds. The van der Waals surface area contributed by atoms with Crippen LogP contribution in [0.3, 0.4) is 0 Å². The van der Waals surface area contributed by atoms with E-state index >= 15 is 0 Å². The summed E-state index contributed by atoms with van der Waals surface area (Å²) in [6.07, 6.45) is 3.87. The van der Waals surface area contributed by atoms with Gasteiger partial charge >= 0.3 is 5.97 Å². The van der Waals surface area contributed by atoms with Gasteiger partial charge in [0.2, 0.25) is 0 Å². The fourth-order valence-electron chi connectivity index (χ4n) is 3.91. The molecular formula is C11H16O2. The summed E-state index contributed by atoms with van der Waals surface area (Å²) in [6.45, 7) is 3.06. The van der Waals surface area contributed by atoms with E-state index in [9.17, 15) is 4.79 Å². The van der Waals surface area contributed by atoms with Gasteiger partial charge in [0.1, 0.15) is 0 Å². The van der Waals surface area contributed by atoms with Crippen molar-refractivity contribution in [2.24, 2.45) is 29.6 Å². The van der Waals surface area contributed by atoms with E-state index in [0.717, 1.165) is 18.4 Å². The predicted molar refractivity (Wildman–Crippen MR) is 47.9 cm³/mol. The van der Waals surface area contributed by atoms with E-state index in [0.29, 0.717) is 11.8 Å². The van der Waals surface area contributed by atoms with E-state index in [1.807, 2.05) is 0 Å². The third-order valence-corrected chi connectivity index (χ3v) is 4.49. The zero-order valence-corrected chi connectivity index (χ0v) is 8.03. The van der Waals surface area contributed by atoms with Crippen molar-refractivity contribution in [1.29, 1.82) is 0 Å². The molecule has 4 fully saturated rings. The Labute approximate surface area is 78.6 Å². The summed E-state index contributed by atoms with van der Waals surface area (Å²) in [5.41, 5.74) is 0. The molecule has 0 aromatic heterocycles. The largest absolute Gasteiger partial charge is 0.465 e. The van der Waals surface area contributed by atoms with Crippen molar-refractivity contribution in [3.63, 3.8) is 0 Å². The van der Waals surface area contributed by atoms with Crippen LogP contribution in [0.1, 0.15) is 26.2 Å². The average molecular weight is 180 g/mol. The van der Waals surface area contributed by atoms with Crippen molar-refractivity contribution in [3.8, 4) is 0 Å². The van der Waals surface area contributed by atoms with E-state index < -0.39 is 0 Å². The fraction of sp³-hybridized carbons (Fsp3) is 0.909. The molecule has 2 bridgehead atoms. The van der Waals surface area contributed by atoms with Crippen LogP contribution in [0.25, 0.3) is 0 Å². The molecule has 0 aromatic rings. The van der Waals surface area contributed by atoms with E-state index in [-0.39, 0.29) is 11.9 Å². The molecule has 1 aliphatic heterocycles. The first-order chi connectivity index (χ1) is 6.27. The molecule has 4 aliphatic rings. The van der Waals surface area contributed by atoms with E-state index in [1.165, 1.54) is 19.3 Å². The quantitative estimate of drug-likeness (QED) is 0.532. The normalized spacial score (nSPS) is 53.3. The van der Waals surface area contributed by atoms with Crippen molar-refractivity contribution < 1.29 is 9.53 Å². The van der Waals surface area contributed by atoms with Gasteiger partial charge in [-0.05, 0) is 37.0 Å². The lowest BCUT2D eigenvalue weighted by molar-refractivity contribution is -0.144. The topological polar surface area (TPSA) is 26.3 Å². The molecule has 4 rings (SSSR count). The number of hydrogen-bond acceptors (Lipinski definition) is 2. The molecule has 1 heterocycles. The molecule has 0 aromatic carbocycles. The molecule has 13 heavy (non-hydrogen) atoms. The Bertz CT molecular complexity index is 248. The first-order valence-corrected chi connectivity index (χ1v) is 5.44. The Hall–Kier alpha value is -0.530. The summed E-state index contributed by atoms with van der Waals surface area (Å²) >= 11 is 0. The Morgan fingerprint density at radius 1 is 1.31 bits per heavy atom. The van der Waals surface area contributed by atoms with Crippen molar-refractivity contribution in [2.75, 3.05) is 6.61 Å². The third-order valence-electron chi connectivity index (χ3n) is 4.49. The Morgan fingerprint density at radius 3 is 2.92 bits per heavy atom. The first-order valence-electron chi connectivity index (χ1n) is 5.44. The van der Waals surface area contributed by atoms with E-state index in [4.69, 9.17) is 4.74 Å². The van der Waals surface area contributed by atoms with Crippen molar-refractivity contribution >= 4 is 5.97 Å². The zero-order valence-electron chi connectivity index (χ0n) is 8.03. The van der Waals surface area contributed by atoms with Gasteiger partial charge in [-0.2, -0.15) is 0 Å². The molecule has 0 spiro atoms. The lowest BCUT2D eigenvalue weighted by Gasteiger charge is -2.47. The first kappa shape index (κ1) is 7.84. The van der Waals surface area contributed by atoms with Crippen LogP contribution in [0.5, 0.6) is 0 Å². The maximum atomic E-state index is 11.5. The van der Waals surface area contributed by atoms with Crippen molar-refractivity contribution in [2.45, 2.75) is 26.2 Å². The SMILES string of the molecule is C[C@H]1CC2CCC1C1COC(=O)C21. The van der Waals surface area contributed by atoms with Crippen LogP contribution in [0.2, 0.25) is 0 Å². The second kappa shape index (κ2) is 2.49. The van der Waals surface area contributed by atoms with E-state index in [1.54, 1.807) is 0 Å². The standard InChI is InChI=1S/C11H16O2/c1-6-4-7-2-3-8(6)9-5-13-11(12)10(7)9/h6-10H,2-5H2,1H3/t6-,7?,8?,9?,10?/m0/s1. The summed E-state index contributed by atoms with van der Waals surface area (Å²) in [7, 11) is 0. The van der Waals surface area contributed by atoms with Gasteiger partial charge < -0.3 is 4.74 Å². The van der Waals surface area contributed by atoms with Gasteiger partial charge in [0.05, 0.1) is 12.5 Å². The van der Waals surface area contributed by atoms with Gasteiger partial charge in [-0.3, -0.25) is 4.79 Å². The number of hydrogen-bond donors (Lipinski definition) is 0. The van der Waals surface area contributed by atoms with Gasteiger partial charge in [0.15, 0.2) is 0 Å². The number of rotatable bonds is 0. The number of fused-ring (bicyclic) bond motifs is 2.